The van der Waals surface area contributed by atoms with Crippen LogP contribution >= 0.6 is 0 Å². The third kappa shape index (κ3) is 3.96. The van der Waals surface area contributed by atoms with Gasteiger partial charge in [-0.3, -0.25) is 9.48 Å². The Bertz CT molecular complexity index is 542. The van der Waals surface area contributed by atoms with Crippen LogP contribution < -0.4 is 5.32 Å². The van der Waals surface area contributed by atoms with Gasteiger partial charge in [0.15, 0.2) is 0 Å². The molecule has 2 aliphatic rings. The number of hydrogen-bond donors (Lipinski definition) is 1. The second kappa shape index (κ2) is 8.09. The highest BCUT2D eigenvalue weighted by atomic mass is 16.5. The number of nitrogens with one attached hydrogen (secondary N) is 1. The summed E-state index contributed by atoms with van der Waals surface area (Å²) in [5.74, 6) is 0.534. The van der Waals surface area contributed by atoms with E-state index in [0.29, 0.717) is 32.2 Å². The van der Waals surface area contributed by atoms with Gasteiger partial charge in [-0.15, -0.1) is 0 Å². The molecule has 0 unspecified atom stereocenters. The van der Waals surface area contributed by atoms with E-state index in [2.05, 4.69) is 23.5 Å². The Labute approximate surface area is 143 Å². The average Bonchev–Trinajstić information content (AvgIpc) is 3.28. The average molecular weight is 336 g/mol. The van der Waals surface area contributed by atoms with Crippen molar-refractivity contribution in [3.8, 4) is 0 Å². The Balaban J connectivity index is 1.52. The summed E-state index contributed by atoms with van der Waals surface area (Å²) < 4.78 is 13.1. The Morgan fingerprint density at radius 2 is 2.21 bits per heavy atom. The van der Waals surface area contributed by atoms with Gasteiger partial charge < -0.3 is 19.7 Å². The van der Waals surface area contributed by atoms with E-state index in [1.807, 2.05) is 22.7 Å². The topological polar surface area (TPSA) is 68.6 Å². The molecule has 3 atom stereocenters. The molecule has 0 aliphatic carbocycles. The lowest BCUT2D eigenvalue weighted by Gasteiger charge is -2.30. The molecule has 7 nitrogen and oxygen atoms in total. The highest BCUT2D eigenvalue weighted by molar-refractivity contribution is 5.81. The first-order valence-electron chi connectivity index (χ1n) is 8.93. The van der Waals surface area contributed by atoms with E-state index >= 15 is 0 Å². The molecule has 2 aliphatic heterocycles. The Morgan fingerprint density at radius 1 is 1.42 bits per heavy atom. The molecular weight excluding hydrogens is 308 g/mol. The van der Waals surface area contributed by atoms with Crippen LogP contribution in [0, 0.1) is 5.92 Å². The van der Waals surface area contributed by atoms with Gasteiger partial charge in [0.2, 0.25) is 5.91 Å². The molecule has 134 valence electrons. The van der Waals surface area contributed by atoms with Crippen LogP contribution in [-0.2, 0) is 20.8 Å². The molecule has 3 rings (SSSR count). The van der Waals surface area contributed by atoms with Crippen molar-refractivity contribution < 1.29 is 14.3 Å². The van der Waals surface area contributed by atoms with Crippen molar-refractivity contribution in [1.29, 1.82) is 0 Å². The van der Waals surface area contributed by atoms with E-state index in [0.717, 1.165) is 31.7 Å². The zero-order valence-electron chi connectivity index (χ0n) is 14.6. The molecule has 24 heavy (non-hydrogen) atoms. The summed E-state index contributed by atoms with van der Waals surface area (Å²) in [4.78, 5) is 14.3. The van der Waals surface area contributed by atoms with Gasteiger partial charge in [0, 0.05) is 50.5 Å². The van der Waals surface area contributed by atoms with Gasteiger partial charge in [-0.2, -0.15) is 5.10 Å². The van der Waals surface area contributed by atoms with Crippen molar-refractivity contribution in [2.75, 3.05) is 39.5 Å². The van der Waals surface area contributed by atoms with Crippen LogP contribution in [0.3, 0.4) is 0 Å². The first kappa shape index (κ1) is 17.4. The van der Waals surface area contributed by atoms with Crippen LogP contribution in [0.25, 0.3) is 0 Å². The van der Waals surface area contributed by atoms with Gasteiger partial charge >= 0.3 is 0 Å². The van der Waals surface area contributed by atoms with Crippen LogP contribution in [0.4, 0.5) is 0 Å². The second-order valence-corrected chi connectivity index (χ2v) is 6.54. The lowest BCUT2D eigenvalue weighted by Crippen LogP contribution is -2.50. The Morgan fingerprint density at radius 3 is 2.92 bits per heavy atom. The number of nitrogens with zero attached hydrogens (tertiary/aromatic N) is 3. The van der Waals surface area contributed by atoms with Crippen LogP contribution in [0.15, 0.2) is 12.4 Å². The monoisotopic (exact) mass is 336 g/mol. The van der Waals surface area contributed by atoms with Crippen molar-refractivity contribution >= 4 is 5.91 Å². The Hall–Kier alpha value is -1.44. The number of morpholine rings is 1. The van der Waals surface area contributed by atoms with Crippen molar-refractivity contribution in [1.82, 2.24) is 20.0 Å². The highest BCUT2D eigenvalue weighted by Crippen LogP contribution is 2.33. The summed E-state index contributed by atoms with van der Waals surface area (Å²) in [5.41, 5.74) is 1.13. The van der Waals surface area contributed by atoms with Crippen LogP contribution in [0.5, 0.6) is 0 Å². The summed E-state index contributed by atoms with van der Waals surface area (Å²) >= 11 is 0. The number of ether oxygens (including phenoxy) is 2. The van der Waals surface area contributed by atoms with Gasteiger partial charge in [0.1, 0.15) is 0 Å². The van der Waals surface area contributed by atoms with Crippen LogP contribution in [0.2, 0.25) is 0 Å². The zero-order valence-corrected chi connectivity index (χ0v) is 14.6. The van der Waals surface area contributed by atoms with E-state index in [-0.39, 0.29) is 18.1 Å². The maximum Gasteiger partial charge on any atom is 0.239 e. The van der Waals surface area contributed by atoms with E-state index in [1.165, 1.54) is 0 Å². The largest absolute Gasteiger partial charge is 0.378 e. The molecule has 1 N–H and O–H groups in total. The molecule has 1 aromatic rings. The van der Waals surface area contributed by atoms with Crippen molar-refractivity contribution in [2.24, 2.45) is 5.92 Å². The smallest absolute Gasteiger partial charge is 0.239 e. The molecule has 1 aromatic heterocycles. The fourth-order valence-corrected chi connectivity index (χ4v) is 3.38. The maximum absolute atomic E-state index is 12.5. The third-order valence-corrected chi connectivity index (χ3v) is 4.90. The van der Waals surface area contributed by atoms with Crippen molar-refractivity contribution in [3.05, 3.63) is 18.0 Å². The summed E-state index contributed by atoms with van der Waals surface area (Å²) in [7, 11) is 0. The molecule has 0 saturated carbocycles. The fraction of sp³-hybridized carbons (Fsp3) is 0.765. The summed E-state index contributed by atoms with van der Waals surface area (Å²) in [6, 6.07) is -0.178. The normalized spacial score (nSPS) is 25.8. The molecular formula is C17H28N4O3. The van der Waals surface area contributed by atoms with E-state index < -0.39 is 0 Å². The number of hydrogen-bond acceptors (Lipinski definition) is 5. The molecule has 0 aromatic carbocycles. The summed E-state index contributed by atoms with van der Waals surface area (Å²) in [6.07, 6.45) is 5.04. The summed E-state index contributed by atoms with van der Waals surface area (Å²) in [6.45, 7) is 9.07. The highest BCUT2D eigenvalue weighted by Gasteiger charge is 2.31. The van der Waals surface area contributed by atoms with Gasteiger partial charge in [-0.05, 0) is 20.3 Å². The third-order valence-electron chi connectivity index (χ3n) is 4.90. The van der Waals surface area contributed by atoms with Gasteiger partial charge in [0.05, 0.1) is 31.6 Å². The predicted octanol–water partition coefficient (Wildman–Crippen LogP) is 0.818. The first-order valence-corrected chi connectivity index (χ1v) is 8.93. The number of carbonyl (C=O) groups excluding carboxylic acids is 1. The SMILES string of the molecule is CCn1cc([C@@H]2OCC[C@@H]2CN[C@H](C)C(=O)N2CCOCC2)cn1. The molecule has 0 radical (unpaired) electrons. The Kier molecular flexibility index (Phi) is 5.86. The zero-order chi connectivity index (χ0) is 16.9. The first-order chi connectivity index (χ1) is 11.7. The molecule has 1 amide bonds. The van der Waals surface area contributed by atoms with Crippen LogP contribution in [-0.4, -0.2) is 66.1 Å². The standard InChI is InChI=1S/C17H28N4O3/c1-3-21-12-15(11-19-21)16-14(4-7-24-16)10-18-13(2)17(22)20-5-8-23-9-6-20/h11-14,16,18H,3-10H2,1-2H3/t13-,14-,16-/m1/s1. The lowest BCUT2D eigenvalue weighted by atomic mass is 9.97. The number of aryl methyl sites for hydroxylation is 1. The van der Waals surface area contributed by atoms with E-state index in [4.69, 9.17) is 9.47 Å². The second-order valence-electron chi connectivity index (χ2n) is 6.54. The van der Waals surface area contributed by atoms with E-state index in [9.17, 15) is 4.79 Å². The van der Waals surface area contributed by atoms with Gasteiger partial charge in [0.25, 0.3) is 0 Å². The number of rotatable bonds is 6. The minimum atomic E-state index is -0.178. The summed E-state index contributed by atoms with van der Waals surface area (Å²) in [5, 5.41) is 7.74. The van der Waals surface area contributed by atoms with Gasteiger partial charge in [-0.25, -0.2) is 0 Å². The molecule has 7 heteroatoms. The minimum absolute atomic E-state index is 0.0727. The molecule has 2 fully saturated rings. The molecule has 0 spiro atoms. The lowest BCUT2D eigenvalue weighted by molar-refractivity contribution is -0.137. The maximum atomic E-state index is 12.5. The molecule has 0 bridgehead atoms. The van der Waals surface area contributed by atoms with Crippen molar-refractivity contribution in [2.45, 2.75) is 39.0 Å². The fourth-order valence-electron chi connectivity index (χ4n) is 3.38. The number of carbonyl (C=O) groups is 1. The van der Waals surface area contributed by atoms with E-state index in [1.54, 1.807) is 0 Å². The quantitative estimate of drug-likeness (QED) is 0.833. The van der Waals surface area contributed by atoms with Crippen LogP contribution in [0.1, 0.15) is 31.9 Å². The predicted molar refractivity (Wildman–Crippen MR) is 89.6 cm³/mol. The van der Waals surface area contributed by atoms with Crippen molar-refractivity contribution in [3.63, 3.8) is 0 Å². The molecule has 2 saturated heterocycles. The minimum Gasteiger partial charge on any atom is -0.378 e. The number of amides is 1. The van der Waals surface area contributed by atoms with Gasteiger partial charge in [-0.1, -0.05) is 0 Å². The molecule has 3 heterocycles. The number of aromatic nitrogens is 2.